The summed E-state index contributed by atoms with van der Waals surface area (Å²) in [5.41, 5.74) is 3.16. The first kappa shape index (κ1) is 20.7. The van der Waals surface area contributed by atoms with Crippen molar-refractivity contribution in [3.8, 4) is 5.75 Å². The van der Waals surface area contributed by atoms with Crippen LogP contribution in [0.5, 0.6) is 5.75 Å². The molecule has 1 saturated heterocycles. The van der Waals surface area contributed by atoms with Gasteiger partial charge in [-0.1, -0.05) is 31.2 Å². The fourth-order valence-electron chi connectivity index (χ4n) is 3.74. The summed E-state index contributed by atoms with van der Waals surface area (Å²) < 4.78 is 6.93. The van der Waals surface area contributed by atoms with Crippen LogP contribution in [0.25, 0.3) is 0 Å². The molecule has 7 heteroatoms. The van der Waals surface area contributed by atoms with Gasteiger partial charge in [0.2, 0.25) is 11.8 Å². The lowest BCUT2D eigenvalue weighted by molar-refractivity contribution is -0.122. The van der Waals surface area contributed by atoms with Gasteiger partial charge in [-0.15, -0.1) is 0 Å². The Bertz CT molecular complexity index is 1060. The van der Waals surface area contributed by atoms with Crippen molar-refractivity contribution in [3.05, 3.63) is 71.9 Å². The van der Waals surface area contributed by atoms with Crippen molar-refractivity contribution in [2.45, 2.75) is 26.3 Å². The zero-order valence-electron chi connectivity index (χ0n) is 17.7. The Balaban J connectivity index is 1.40. The fraction of sp³-hybridized carbons (Fsp3) is 0.292. The first-order chi connectivity index (χ1) is 15.1. The highest BCUT2D eigenvalue weighted by atomic mass is 16.5. The lowest BCUT2D eigenvalue weighted by atomic mass is 10.1. The number of methoxy groups -OCH3 is 1. The molecule has 1 N–H and O–H groups in total. The number of benzene rings is 2. The van der Waals surface area contributed by atoms with Crippen LogP contribution >= 0.6 is 0 Å². The largest absolute Gasteiger partial charge is 0.497 e. The van der Waals surface area contributed by atoms with Gasteiger partial charge in [0.05, 0.1) is 25.8 Å². The number of aromatic nitrogens is 2. The van der Waals surface area contributed by atoms with Gasteiger partial charge in [0, 0.05) is 24.7 Å². The second-order valence-corrected chi connectivity index (χ2v) is 7.64. The van der Waals surface area contributed by atoms with Gasteiger partial charge >= 0.3 is 0 Å². The Morgan fingerprint density at radius 2 is 1.81 bits per heavy atom. The average Bonchev–Trinajstić information content (AvgIpc) is 3.40. The van der Waals surface area contributed by atoms with E-state index in [1.807, 2.05) is 24.3 Å². The SMILES string of the molecule is CCc1ccc(Cn2nccc2NC(=O)[C@@H]2CC(=O)N(c3ccc(OC)cc3)C2)cc1. The Labute approximate surface area is 181 Å². The van der Waals surface area contributed by atoms with Crippen LogP contribution in [0.15, 0.2) is 60.8 Å². The van der Waals surface area contributed by atoms with Crippen molar-refractivity contribution in [3.63, 3.8) is 0 Å². The van der Waals surface area contributed by atoms with Crippen molar-refractivity contribution in [1.82, 2.24) is 9.78 Å². The topological polar surface area (TPSA) is 76.5 Å². The molecule has 0 unspecified atom stereocenters. The summed E-state index contributed by atoms with van der Waals surface area (Å²) in [4.78, 5) is 27.0. The minimum atomic E-state index is -0.415. The van der Waals surface area contributed by atoms with E-state index in [1.54, 1.807) is 29.0 Å². The van der Waals surface area contributed by atoms with Crippen LogP contribution in [0.1, 0.15) is 24.5 Å². The summed E-state index contributed by atoms with van der Waals surface area (Å²) in [5, 5.41) is 7.29. The van der Waals surface area contributed by atoms with Gasteiger partial charge in [-0.3, -0.25) is 9.59 Å². The van der Waals surface area contributed by atoms with Crippen LogP contribution in [0.3, 0.4) is 0 Å². The highest BCUT2D eigenvalue weighted by Gasteiger charge is 2.35. The minimum Gasteiger partial charge on any atom is -0.497 e. The van der Waals surface area contributed by atoms with Gasteiger partial charge in [-0.05, 0) is 41.8 Å². The van der Waals surface area contributed by atoms with Gasteiger partial charge in [0.15, 0.2) is 0 Å². The number of aryl methyl sites for hydroxylation is 1. The maximum Gasteiger partial charge on any atom is 0.230 e. The lowest BCUT2D eigenvalue weighted by Crippen LogP contribution is -2.28. The quantitative estimate of drug-likeness (QED) is 0.637. The maximum absolute atomic E-state index is 12.9. The molecular formula is C24H26N4O3. The number of hydrogen-bond donors (Lipinski definition) is 1. The van der Waals surface area contributed by atoms with Crippen LogP contribution in [0.2, 0.25) is 0 Å². The number of hydrogen-bond acceptors (Lipinski definition) is 4. The molecule has 31 heavy (non-hydrogen) atoms. The van der Waals surface area contributed by atoms with Gasteiger partial charge in [0.1, 0.15) is 11.6 Å². The van der Waals surface area contributed by atoms with Crippen molar-refractivity contribution in [2.75, 3.05) is 23.9 Å². The molecule has 7 nitrogen and oxygen atoms in total. The Hall–Kier alpha value is -3.61. The molecule has 4 rings (SSSR count). The molecule has 0 aliphatic carbocycles. The van der Waals surface area contributed by atoms with E-state index in [9.17, 15) is 9.59 Å². The molecule has 3 aromatic rings. The highest BCUT2D eigenvalue weighted by molar-refractivity contribution is 6.03. The molecule has 2 heterocycles. The number of ether oxygens (including phenoxy) is 1. The normalized spacial score (nSPS) is 15.9. The Morgan fingerprint density at radius 1 is 1.10 bits per heavy atom. The van der Waals surface area contributed by atoms with E-state index < -0.39 is 5.92 Å². The molecule has 0 bridgehead atoms. The van der Waals surface area contributed by atoms with Crippen LogP contribution in [0, 0.1) is 5.92 Å². The molecule has 2 amide bonds. The zero-order valence-corrected chi connectivity index (χ0v) is 17.7. The van der Waals surface area contributed by atoms with E-state index in [0.29, 0.717) is 18.9 Å². The molecule has 2 aromatic carbocycles. The van der Waals surface area contributed by atoms with E-state index in [2.05, 4.69) is 41.6 Å². The second kappa shape index (κ2) is 9.04. The summed E-state index contributed by atoms with van der Waals surface area (Å²) in [7, 11) is 1.60. The molecule has 160 valence electrons. The fourth-order valence-corrected chi connectivity index (χ4v) is 3.74. The number of carbonyl (C=O) groups is 2. The number of carbonyl (C=O) groups excluding carboxylic acids is 2. The van der Waals surface area contributed by atoms with Crippen molar-refractivity contribution >= 4 is 23.3 Å². The van der Waals surface area contributed by atoms with E-state index in [0.717, 1.165) is 23.4 Å². The molecule has 1 aromatic heterocycles. The number of anilines is 2. The molecule has 0 radical (unpaired) electrons. The summed E-state index contributed by atoms with van der Waals surface area (Å²) in [6.07, 6.45) is 2.85. The zero-order chi connectivity index (χ0) is 21.8. The van der Waals surface area contributed by atoms with Gasteiger partial charge < -0.3 is 15.0 Å². The van der Waals surface area contributed by atoms with Gasteiger partial charge in [-0.25, -0.2) is 4.68 Å². The minimum absolute atomic E-state index is 0.0603. The first-order valence-corrected chi connectivity index (χ1v) is 10.4. The molecule has 1 fully saturated rings. The third-order valence-corrected chi connectivity index (χ3v) is 5.61. The number of rotatable bonds is 7. The number of nitrogens with one attached hydrogen (secondary N) is 1. The van der Waals surface area contributed by atoms with Crippen LogP contribution in [0.4, 0.5) is 11.5 Å². The van der Waals surface area contributed by atoms with E-state index >= 15 is 0 Å². The van der Waals surface area contributed by atoms with Gasteiger partial charge in [0.25, 0.3) is 0 Å². The molecule has 1 aliphatic heterocycles. The van der Waals surface area contributed by atoms with E-state index in [-0.39, 0.29) is 18.2 Å². The highest BCUT2D eigenvalue weighted by Crippen LogP contribution is 2.27. The number of amides is 2. The van der Waals surface area contributed by atoms with Crippen molar-refractivity contribution < 1.29 is 14.3 Å². The molecular weight excluding hydrogens is 392 g/mol. The van der Waals surface area contributed by atoms with Crippen LogP contribution in [-0.2, 0) is 22.6 Å². The second-order valence-electron chi connectivity index (χ2n) is 7.64. The molecule has 0 spiro atoms. The standard InChI is InChI=1S/C24H26N4O3/c1-3-17-4-6-18(7-5-17)15-28-22(12-13-25-28)26-24(30)19-14-23(29)27(16-19)20-8-10-21(31-2)11-9-20/h4-13,19H,3,14-16H2,1-2H3,(H,26,30)/t19-/m1/s1. The summed E-state index contributed by atoms with van der Waals surface area (Å²) >= 11 is 0. The average molecular weight is 418 g/mol. The van der Waals surface area contributed by atoms with Crippen molar-refractivity contribution in [2.24, 2.45) is 5.92 Å². The van der Waals surface area contributed by atoms with E-state index in [1.165, 1.54) is 5.56 Å². The van der Waals surface area contributed by atoms with Crippen LogP contribution < -0.4 is 15.0 Å². The lowest BCUT2D eigenvalue weighted by Gasteiger charge is -2.17. The Morgan fingerprint density at radius 3 is 2.48 bits per heavy atom. The summed E-state index contributed by atoms with van der Waals surface area (Å²) in [6.45, 7) is 3.04. The molecule has 0 saturated carbocycles. The first-order valence-electron chi connectivity index (χ1n) is 10.4. The molecule has 1 atom stereocenters. The monoisotopic (exact) mass is 418 g/mol. The Kier molecular flexibility index (Phi) is 6.02. The predicted octanol–water partition coefficient (Wildman–Crippen LogP) is 3.49. The summed E-state index contributed by atoms with van der Waals surface area (Å²) in [6, 6.07) is 17.4. The smallest absolute Gasteiger partial charge is 0.230 e. The molecule has 1 aliphatic rings. The summed E-state index contributed by atoms with van der Waals surface area (Å²) in [5.74, 6) is 0.700. The number of nitrogens with zero attached hydrogens (tertiary/aromatic N) is 3. The third kappa shape index (κ3) is 4.60. The predicted molar refractivity (Wildman–Crippen MR) is 119 cm³/mol. The van der Waals surface area contributed by atoms with E-state index in [4.69, 9.17) is 4.74 Å². The third-order valence-electron chi connectivity index (χ3n) is 5.61. The maximum atomic E-state index is 12.9. The van der Waals surface area contributed by atoms with Crippen LogP contribution in [-0.4, -0.2) is 35.2 Å². The van der Waals surface area contributed by atoms with Gasteiger partial charge in [-0.2, -0.15) is 5.10 Å². The van der Waals surface area contributed by atoms with Crippen molar-refractivity contribution in [1.29, 1.82) is 0 Å².